The first-order valence-electron chi connectivity index (χ1n) is 8.25. The largest absolute Gasteiger partial charge is 0.385 e. The molecule has 23 heavy (non-hydrogen) atoms. The molecule has 1 aromatic carbocycles. The molecule has 2 aliphatic heterocycles. The van der Waals surface area contributed by atoms with Gasteiger partial charge >= 0.3 is 0 Å². The van der Waals surface area contributed by atoms with Crippen molar-refractivity contribution in [2.45, 2.75) is 49.9 Å². The summed E-state index contributed by atoms with van der Waals surface area (Å²) in [6.45, 7) is 0.892. The van der Waals surface area contributed by atoms with Gasteiger partial charge in [0.15, 0.2) is 0 Å². The number of halogens is 1. The standard InChI is InChI=1S/C18H22FN3O/c1-21-11-13(10-20-21)12-22-16-6-7-17(22)9-18(23,8-16)14-2-4-15(19)5-3-14/h2-5,10-11,16-17,23H,6-9,12H2,1H3. The van der Waals surface area contributed by atoms with Crippen molar-refractivity contribution in [1.29, 1.82) is 0 Å². The number of hydrogen-bond acceptors (Lipinski definition) is 3. The second-order valence-electron chi connectivity index (χ2n) is 7.03. The van der Waals surface area contributed by atoms with Gasteiger partial charge < -0.3 is 5.11 Å². The maximum absolute atomic E-state index is 13.2. The van der Waals surface area contributed by atoms with Gasteiger partial charge in [-0.15, -0.1) is 0 Å². The van der Waals surface area contributed by atoms with E-state index in [9.17, 15) is 9.50 Å². The molecule has 0 spiro atoms. The van der Waals surface area contributed by atoms with Crippen molar-refractivity contribution in [3.63, 3.8) is 0 Å². The topological polar surface area (TPSA) is 41.3 Å². The average molecular weight is 315 g/mol. The predicted octanol–water partition coefficient (Wildman–Crippen LogP) is 2.57. The smallest absolute Gasteiger partial charge is 0.123 e. The number of fused-ring (bicyclic) bond motifs is 2. The molecule has 4 rings (SSSR count). The molecular weight excluding hydrogens is 293 g/mol. The summed E-state index contributed by atoms with van der Waals surface area (Å²) in [4.78, 5) is 2.51. The van der Waals surface area contributed by atoms with Crippen LogP contribution in [0.5, 0.6) is 0 Å². The van der Waals surface area contributed by atoms with Gasteiger partial charge in [-0.05, 0) is 43.4 Å². The fraction of sp³-hybridized carbons (Fsp3) is 0.500. The van der Waals surface area contributed by atoms with E-state index in [2.05, 4.69) is 16.2 Å². The highest BCUT2D eigenvalue weighted by Crippen LogP contribution is 2.46. The van der Waals surface area contributed by atoms with Gasteiger partial charge in [-0.1, -0.05) is 12.1 Å². The molecule has 2 saturated heterocycles. The van der Waals surface area contributed by atoms with E-state index in [0.29, 0.717) is 12.1 Å². The number of hydrogen-bond donors (Lipinski definition) is 1. The Bertz CT molecular complexity index is 683. The highest BCUT2D eigenvalue weighted by molar-refractivity contribution is 5.26. The Kier molecular flexibility index (Phi) is 3.50. The van der Waals surface area contributed by atoms with E-state index in [1.54, 1.807) is 12.1 Å². The van der Waals surface area contributed by atoms with Crippen molar-refractivity contribution in [1.82, 2.24) is 14.7 Å². The average Bonchev–Trinajstić information content (AvgIpc) is 3.02. The van der Waals surface area contributed by atoms with E-state index in [4.69, 9.17) is 0 Å². The molecule has 4 nitrogen and oxygen atoms in total. The van der Waals surface area contributed by atoms with Crippen LogP contribution in [0.4, 0.5) is 4.39 Å². The molecule has 2 aromatic rings. The van der Waals surface area contributed by atoms with E-state index >= 15 is 0 Å². The lowest BCUT2D eigenvalue weighted by atomic mass is 9.80. The molecule has 2 unspecified atom stereocenters. The summed E-state index contributed by atoms with van der Waals surface area (Å²) in [5, 5.41) is 15.4. The molecule has 0 aliphatic carbocycles. The maximum atomic E-state index is 13.2. The van der Waals surface area contributed by atoms with Crippen LogP contribution in [0.1, 0.15) is 36.8 Å². The van der Waals surface area contributed by atoms with Crippen LogP contribution in [0.2, 0.25) is 0 Å². The number of nitrogens with zero attached hydrogens (tertiary/aromatic N) is 3. The molecule has 0 amide bonds. The molecule has 1 N–H and O–H groups in total. The summed E-state index contributed by atoms with van der Waals surface area (Å²) >= 11 is 0. The molecule has 3 heterocycles. The number of benzene rings is 1. The van der Waals surface area contributed by atoms with Crippen molar-refractivity contribution < 1.29 is 9.50 Å². The fourth-order valence-electron chi connectivity index (χ4n) is 4.33. The van der Waals surface area contributed by atoms with Gasteiger partial charge in [0.25, 0.3) is 0 Å². The second-order valence-corrected chi connectivity index (χ2v) is 7.03. The minimum Gasteiger partial charge on any atom is -0.385 e. The summed E-state index contributed by atoms with van der Waals surface area (Å²) in [6.07, 6.45) is 7.65. The summed E-state index contributed by atoms with van der Waals surface area (Å²) in [7, 11) is 1.93. The Morgan fingerprint density at radius 2 is 1.87 bits per heavy atom. The van der Waals surface area contributed by atoms with Crippen molar-refractivity contribution in [2.24, 2.45) is 7.05 Å². The first-order valence-corrected chi connectivity index (χ1v) is 8.25. The molecule has 5 heteroatoms. The van der Waals surface area contributed by atoms with E-state index in [0.717, 1.165) is 37.8 Å². The molecule has 2 bridgehead atoms. The van der Waals surface area contributed by atoms with Gasteiger partial charge in [0.05, 0.1) is 11.8 Å². The van der Waals surface area contributed by atoms with Crippen LogP contribution < -0.4 is 0 Å². The van der Waals surface area contributed by atoms with Gasteiger partial charge in [0.1, 0.15) is 5.82 Å². The molecular formula is C18H22FN3O. The lowest BCUT2D eigenvalue weighted by Crippen LogP contribution is -2.49. The van der Waals surface area contributed by atoms with Crippen LogP contribution in [-0.2, 0) is 19.2 Å². The Balaban J connectivity index is 1.54. The Hall–Kier alpha value is -1.72. The first-order chi connectivity index (χ1) is 11.0. The molecule has 2 aliphatic rings. The fourth-order valence-corrected chi connectivity index (χ4v) is 4.33. The SMILES string of the molecule is Cn1cc(CN2C3CCC2CC(O)(c2ccc(F)cc2)C3)cn1. The van der Waals surface area contributed by atoms with Gasteiger partial charge in [-0.25, -0.2) is 4.39 Å². The van der Waals surface area contributed by atoms with Crippen LogP contribution >= 0.6 is 0 Å². The first kappa shape index (κ1) is 14.8. The van der Waals surface area contributed by atoms with Gasteiger partial charge in [-0.2, -0.15) is 5.10 Å². The second kappa shape index (κ2) is 5.42. The number of aryl methyl sites for hydroxylation is 1. The summed E-state index contributed by atoms with van der Waals surface area (Å²) in [6, 6.07) is 7.10. The van der Waals surface area contributed by atoms with Crippen LogP contribution in [0.3, 0.4) is 0 Å². The molecule has 0 radical (unpaired) electrons. The van der Waals surface area contributed by atoms with E-state index in [-0.39, 0.29) is 5.82 Å². The predicted molar refractivity (Wildman–Crippen MR) is 85.1 cm³/mol. The third kappa shape index (κ3) is 2.68. The lowest BCUT2D eigenvalue weighted by molar-refractivity contribution is -0.0595. The van der Waals surface area contributed by atoms with Gasteiger partial charge in [0, 0.05) is 37.4 Å². The van der Waals surface area contributed by atoms with Crippen molar-refractivity contribution in [3.8, 4) is 0 Å². The number of aromatic nitrogens is 2. The van der Waals surface area contributed by atoms with Crippen LogP contribution in [-0.4, -0.2) is 31.9 Å². The number of aliphatic hydroxyl groups is 1. The summed E-state index contributed by atoms with van der Waals surface area (Å²) in [5.41, 5.74) is 1.23. The van der Waals surface area contributed by atoms with E-state index in [1.165, 1.54) is 17.7 Å². The minimum atomic E-state index is -0.828. The minimum absolute atomic E-state index is 0.255. The quantitative estimate of drug-likeness (QED) is 0.946. The maximum Gasteiger partial charge on any atom is 0.123 e. The molecule has 0 saturated carbocycles. The monoisotopic (exact) mass is 315 g/mol. The summed E-state index contributed by atoms with van der Waals surface area (Å²) in [5.74, 6) is -0.255. The molecule has 2 atom stereocenters. The Labute approximate surface area is 135 Å². The zero-order valence-corrected chi connectivity index (χ0v) is 13.3. The highest BCUT2D eigenvalue weighted by atomic mass is 19.1. The van der Waals surface area contributed by atoms with E-state index in [1.807, 2.05) is 17.9 Å². The van der Waals surface area contributed by atoms with Crippen molar-refractivity contribution in [2.75, 3.05) is 0 Å². The van der Waals surface area contributed by atoms with Gasteiger partial charge in [0.2, 0.25) is 0 Å². The lowest BCUT2D eigenvalue weighted by Gasteiger charge is -2.44. The zero-order valence-electron chi connectivity index (χ0n) is 13.3. The highest BCUT2D eigenvalue weighted by Gasteiger charge is 2.48. The molecule has 1 aromatic heterocycles. The van der Waals surface area contributed by atoms with E-state index < -0.39 is 5.60 Å². The number of piperidine rings is 1. The van der Waals surface area contributed by atoms with Crippen molar-refractivity contribution in [3.05, 3.63) is 53.6 Å². The molecule has 122 valence electrons. The Morgan fingerprint density at radius 1 is 1.22 bits per heavy atom. The zero-order chi connectivity index (χ0) is 16.0. The number of rotatable bonds is 3. The van der Waals surface area contributed by atoms with Crippen LogP contribution in [0.25, 0.3) is 0 Å². The normalized spacial score (nSPS) is 30.7. The third-order valence-corrected chi connectivity index (χ3v) is 5.42. The molecule has 2 fully saturated rings. The van der Waals surface area contributed by atoms with Gasteiger partial charge in [-0.3, -0.25) is 9.58 Å². The Morgan fingerprint density at radius 3 is 2.43 bits per heavy atom. The summed E-state index contributed by atoms with van der Waals surface area (Å²) < 4.78 is 15.0. The van der Waals surface area contributed by atoms with Crippen LogP contribution in [0, 0.1) is 5.82 Å². The third-order valence-electron chi connectivity index (χ3n) is 5.42. The van der Waals surface area contributed by atoms with Crippen molar-refractivity contribution >= 4 is 0 Å². The van der Waals surface area contributed by atoms with Crippen LogP contribution in [0.15, 0.2) is 36.7 Å².